The topological polar surface area (TPSA) is 69.0 Å². The Labute approximate surface area is 198 Å². The number of carbonyl (C=O) groups is 1. The molecule has 7 heteroatoms. The lowest BCUT2D eigenvalue weighted by Crippen LogP contribution is -2.71. The second kappa shape index (κ2) is 7.74. The molecule has 0 radical (unpaired) electrons. The van der Waals surface area contributed by atoms with Crippen LogP contribution in [0.3, 0.4) is 0 Å². The van der Waals surface area contributed by atoms with Crippen LogP contribution in [-0.2, 0) is 12.8 Å². The Morgan fingerprint density at radius 1 is 0.882 bits per heavy atom. The Kier molecular flexibility index (Phi) is 4.78. The minimum Gasteiger partial charge on any atom is -0.502 e. The maximum atomic E-state index is 13.7. The first kappa shape index (κ1) is 21.0. The van der Waals surface area contributed by atoms with Crippen molar-refractivity contribution in [1.29, 1.82) is 0 Å². The summed E-state index contributed by atoms with van der Waals surface area (Å²) in [7, 11) is 2.07. The fourth-order valence-electron chi connectivity index (χ4n) is 6.07. The van der Waals surface area contributed by atoms with E-state index in [2.05, 4.69) is 65.5 Å². The molecular weight excluding hydrogens is 428 g/mol. The molecule has 174 valence electrons. The minimum atomic E-state index is -0.540. The van der Waals surface area contributed by atoms with Gasteiger partial charge in [0.05, 0.1) is 6.04 Å². The van der Waals surface area contributed by atoms with Gasteiger partial charge in [-0.1, -0.05) is 48.5 Å². The average Bonchev–Trinajstić information content (AvgIpc) is 2.98. The van der Waals surface area contributed by atoms with E-state index in [1.54, 1.807) is 10.9 Å². The summed E-state index contributed by atoms with van der Waals surface area (Å²) in [6, 6.07) is 18.1. The van der Waals surface area contributed by atoms with Crippen molar-refractivity contribution in [2.75, 3.05) is 25.1 Å². The number of likely N-dealkylation sites (N-methyl/N-ethyl adjacent to an activating group) is 1. The Morgan fingerprint density at radius 2 is 1.50 bits per heavy atom. The molecule has 0 spiro atoms. The number of pyridine rings is 1. The van der Waals surface area contributed by atoms with Crippen LogP contribution < -0.4 is 10.4 Å². The van der Waals surface area contributed by atoms with Gasteiger partial charge >= 0.3 is 0 Å². The van der Waals surface area contributed by atoms with E-state index in [4.69, 9.17) is 0 Å². The lowest BCUT2D eigenvalue weighted by Gasteiger charge is -2.55. The van der Waals surface area contributed by atoms with E-state index in [-0.39, 0.29) is 29.9 Å². The summed E-state index contributed by atoms with van der Waals surface area (Å²) in [6.07, 6.45) is 3.24. The van der Waals surface area contributed by atoms with Crippen LogP contribution in [0, 0.1) is 0 Å². The Morgan fingerprint density at radius 3 is 2.15 bits per heavy atom. The van der Waals surface area contributed by atoms with Crippen LogP contribution in [0.1, 0.15) is 45.7 Å². The van der Waals surface area contributed by atoms with E-state index in [1.165, 1.54) is 28.3 Å². The van der Waals surface area contributed by atoms with Crippen molar-refractivity contribution in [1.82, 2.24) is 14.5 Å². The molecule has 1 N–H and O–H groups in total. The van der Waals surface area contributed by atoms with Crippen molar-refractivity contribution in [2.45, 2.75) is 38.0 Å². The fourth-order valence-corrected chi connectivity index (χ4v) is 6.07. The number of carbonyl (C=O) groups excluding carboxylic acids is 1. The second-order valence-electron chi connectivity index (χ2n) is 9.67. The van der Waals surface area contributed by atoms with Gasteiger partial charge < -0.3 is 14.9 Å². The quantitative estimate of drug-likeness (QED) is 0.610. The molecule has 0 saturated carbocycles. The number of piperazine rings is 1. The van der Waals surface area contributed by atoms with Crippen molar-refractivity contribution in [3.05, 3.63) is 99.0 Å². The Hall–Kier alpha value is -3.58. The number of nitrogens with zero attached hydrogens (tertiary/aromatic N) is 4. The van der Waals surface area contributed by atoms with Gasteiger partial charge in [0.15, 0.2) is 11.4 Å². The predicted octanol–water partition coefficient (Wildman–Crippen LogP) is 2.50. The lowest BCUT2D eigenvalue weighted by molar-refractivity contribution is 0.0115. The van der Waals surface area contributed by atoms with Crippen molar-refractivity contribution in [3.8, 4) is 5.75 Å². The van der Waals surface area contributed by atoms with Gasteiger partial charge in [-0.05, 0) is 49.1 Å². The normalized spacial score (nSPS) is 22.5. The van der Waals surface area contributed by atoms with Gasteiger partial charge in [-0.15, -0.1) is 0 Å². The molecule has 6 rings (SSSR count). The zero-order chi connectivity index (χ0) is 23.6. The summed E-state index contributed by atoms with van der Waals surface area (Å²) in [4.78, 5) is 30.2. The standard InChI is InChI=1S/C27H28N4O3/c1-17-15-28(2)16-23-30(17)27(34)25-26(33)22(32)13-14-29(25)31(23)24-20-9-5-3-7-18(20)11-12-19-8-4-6-10-21(19)24/h3-10,13-14,17,23-24,33H,11-12,15-16H2,1-2H3. The van der Waals surface area contributed by atoms with Gasteiger partial charge in [-0.3, -0.25) is 19.3 Å². The number of benzene rings is 2. The first-order valence-electron chi connectivity index (χ1n) is 11.9. The van der Waals surface area contributed by atoms with Crippen LogP contribution in [0.4, 0.5) is 0 Å². The van der Waals surface area contributed by atoms with Gasteiger partial charge in [0.2, 0.25) is 5.43 Å². The molecule has 0 bridgehead atoms. The molecular formula is C27H28N4O3. The molecule has 1 fully saturated rings. The number of amides is 1. The summed E-state index contributed by atoms with van der Waals surface area (Å²) in [5.41, 5.74) is 4.42. The summed E-state index contributed by atoms with van der Waals surface area (Å²) in [6.45, 7) is 3.41. The van der Waals surface area contributed by atoms with E-state index < -0.39 is 11.2 Å². The lowest BCUT2D eigenvalue weighted by atomic mass is 9.92. The molecule has 1 saturated heterocycles. The smallest absolute Gasteiger partial charge is 0.278 e. The molecule has 7 nitrogen and oxygen atoms in total. The van der Waals surface area contributed by atoms with Crippen LogP contribution in [0.15, 0.2) is 65.6 Å². The highest BCUT2D eigenvalue weighted by molar-refractivity contribution is 5.96. The molecule has 34 heavy (non-hydrogen) atoms. The first-order valence-corrected chi connectivity index (χ1v) is 11.9. The van der Waals surface area contributed by atoms with Crippen LogP contribution in [-0.4, -0.2) is 57.8 Å². The first-order chi connectivity index (χ1) is 16.5. The maximum Gasteiger partial charge on any atom is 0.278 e. The van der Waals surface area contributed by atoms with E-state index in [1.807, 2.05) is 11.8 Å². The molecule has 3 aromatic rings. The number of aromatic hydroxyl groups is 1. The van der Waals surface area contributed by atoms with Crippen LogP contribution in [0.25, 0.3) is 0 Å². The summed E-state index contributed by atoms with van der Waals surface area (Å²) < 4.78 is 1.73. The zero-order valence-corrected chi connectivity index (χ0v) is 19.4. The SMILES string of the molecule is CC1CN(C)CC2N1C(=O)c1c(O)c(=O)ccn1N2C1c2ccccc2CCc2ccccc21. The zero-order valence-electron chi connectivity index (χ0n) is 19.4. The molecule has 2 aromatic carbocycles. The fraction of sp³-hybridized carbons (Fsp3) is 0.333. The molecule has 1 aromatic heterocycles. The van der Waals surface area contributed by atoms with E-state index >= 15 is 0 Å². The van der Waals surface area contributed by atoms with Gasteiger partial charge in [0.25, 0.3) is 5.91 Å². The van der Waals surface area contributed by atoms with Gasteiger partial charge in [-0.25, -0.2) is 0 Å². The van der Waals surface area contributed by atoms with Crippen LogP contribution in [0.2, 0.25) is 0 Å². The second-order valence-corrected chi connectivity index (χ2v) is 9.67. The molecule has 1 aliphatic carbocycles. The highest BCUT2D eigenvalue weighted by atomic mass is 16.3. The van der Waals surface area contributed by atoms with Gasteiger partial charge in [-0.2, -0.15) is 0 Å². The van der Waals surface area contributed by atoms with Gasteiger partial charge in [0, 0.05) is 31.4 Å². The maximum absolute atomic E-state index is 13.7. The number of hydrogen-bond acceptors (Lipinski definition) is 5. The number of rotatable bonds is 1. The van der Waals surface area contributed by atoms with Crippen molar-refractivity contribution < 1.29 is 9.90 Å². The number of fused-ring (bicyclic) bond motifs is 4. The monoisotopic (exact) mass is 456 g/mol. The summed E-state index contributed by atoms with van der Waals surface area (Å²) >= 11 is 0. The molecule has 3 heterocycles. The number of hydrogen-bond donors (Lipinski definition) is 1. The average molecular weight is 457 g/mol. The molecule has 1 amide bonds. The van der Waals surface area contributed by atoms with E-state index in [0.29, 0.717) is 6.54 Å². The van der Waals surface area contributed by atoms with Crippen molar-refractivity contribution in [2.24, 2.45) is 0 Å². The van der Waals surface area contributed by atoms with E-state index in [0.717, 1.165) is 19.4 Å². The van der Waals surface area contributed by atoms with E-state index in [9.17, 15) is 14.7 Å². The number of aryl methyl sites for hydroxylation is 2. The third-order valence-corrected chi connectivity index (χ3v) is 7.52. The molecule has 3 aliphatic rings. The summed E-state index contributed by atoms with van der Waals surface area (Å²) in [5, 5.41) is 13.0. The van der Waals surface area contributed by atoms with Crippen molar-refractivity contribution >= 4 is 5.91 Å². The Bertz CT molecular complexity index is 1300. The molecule has 2 aliphatic heterocycles. The Balaban J connectivity index is 1.67. The van der Waals surface area contributed by atoms with Crippen LogP contribution in [0.5, 0.6) is 5.75 Å². The molecule has 2 unspecified atom stereocenters. The number of aromatic nitrogens is 1. The molecule has 2 atom stereocenters. The minimum absolute atomic E-state index is 0.0411. The van der Waals surface area contributed by atoms with Crippen molar-refractivity contribution in [3.63, 3.8) is 0 Å². The predicted molar refractivity (Wildman–Crippen MR) is 130 cm³/mol. The third-order valence-electron chi connectivity index (χ3n) is 7.52. The third kappa shape index (κ3) is 3.00. The van der Waals surface area contributed by atoms with Crippen LogP contribution >= 0.6 is 0 Å². The highest BCUT2D eigenvalue weighted by Gasteiger charge is 2.48. The highest BCUT2D eigenvalue weighted by Crippen LogP contribution is 2.41. The largest absolute Gasteiger partial charge is 0.502 e. The summed E-state index contributed by atoms with van der Waals surface area (Å²) in [5.74, 6) is -0.787. The van der Waals surface area contributed by atoms with Gasteiger partial charge in [0.1, 0.15) is 6.17 Å².